The van der Waals surface area contributed by atoms with Crippen LogP contribution >= 0.6 is 0 Å². The normalized spacial score (nSPS) is 11.7. The molecule has 0 bridgehead atoms. The van der Waals surface area contributed by atoms with E-state index in [1.54, 1.807) is 0 Å². The molecule has 0 aliphatic heterocycles. The number of carbonyl (C=O) groups is 1. The molecule has 2 nitrogen and oxygen atoms in total. The van der Waals surface area contributed by atoms with Gasteiger partial charge in [-0.3, -0.25) is 4.79 Å². The predicted molar refractivity (Wildman–Crippen MR) is 202 cm³/mol. The fourth-order valence-corrected chi connectivity index (χ4v) is 6.43. The van der Waals surface area contributed by atoms with Gasteiger partial charge in [0.05, 0.1) is 6.61 Å². The number of hydrogen-bond acceptors (Lipinski definition) is 2. The minimum atomic E-state index is 0.0267. The summed E-state index contributed by atoms with van der Waals surface area (Å²) < 4.78 is 5.47. The van der Waals surface area contributed by atoms with Gasteiger partial charge in [0.1, 0.15) is 0 Å². The van der Waals surface area contributed by atoms with E-state index in [0.29, 0.717) is 13.0 Å². The SMILES string of the molecule is CCCCCCCCC=CCCCCCCCCCCCCCC(=O)OCCCCCCCCCCCCCCCCC(C)C. The van der Waals surface area contributed by atoms with Gasteiger partial charge in [-0.05, 0) is 44.4 Å². The summed E-state index contributed by atoms with van der Waals surface area (Å²) in [5.74, 6) is 0.901. The molecule has 0 aliphatic rings. The van der Waals surface area contributed by atoms with Crippen LogP contribution in [-0.2, 0) is 9.53 Å². The van der Waals surface area contributed by atoms with Gasteiger partial charge in [0.25, 0.3) is 0 Å². The predicted octanol–water partition coefficient (Wildman–Crippen LogP) is 15.4. The fraction of sp³-hybridized carbons (Fsp3) is 0.930. The molecule has 0 saturated carbocycles. The van der Waals surface area contributed by atoms with Crippen molar-refractivity contribution in [3.05, 3.63) is 12.2 Å². The summed E-state index contributed by atoms with van der Waals surface area (Å²) in [5.41, 5.74) is 0. The number of carbonyl (C=O) groups excluding carboxylic acids is 1. The monoisotopic (exact) mass is 633 g/mol. The van der Waals surface area contributed by atoms with Gasteiger partial charge in [-0.1, -0.05) is 213 Å². The Bertz CT molecular complexity index is 580. The van der Waals surface area contributed by atoms with Gasteiger partial charge < -0.3 is 4.74 Å². The van der Waals surface area contributed by atoms with Crippen molar-refractivity contribution in [2.75, 3.05) is 6.61 Å². The summed E-state index contributed by atoms with van der Waals surface area (Å²) >= 11 is 0. The van der Waals surface area contributed by atoms with E-state index in [9.17, 15) is 4.79 Å². The van der Waals surface area contributed by atoms with Crippen molar-refractivity contribution in [1.29, 1.82) is 0 Å². The summed E-state index contributed by atoms with van der Waals surface area (Å²) in [6.07, 6.45) is 51.6. The molecule has 268 valence electrons. The van der Waals surface area contributed by atoms with Gasteiger partial charge in [0.2, 0.25) is 0 Å². The van der Waals surface area contributed by atoms with E-state index in [1.165, 1.54) is 205 Å². The first-order valence-electron chi connectivity index (χ1n) is 21.0. The smallest absolute Gasteiger partial charge is 0.305 e. The average molecular weight is 633 g/mol. The van der Waals surface area contributed by atoms with Crippen molar-refractivity contribution in [3.63, 3.8) is 0 Å². The summed E-state index contributed by atoms with van der Waals surface area (Å²) in [6, 6.07) is 0. The molecule has 0 saturated heterocycles. The second kappa shape index (κ2) is 39.4. The summed E-state index contributed by atoms with van der Waals surface area (Å²) in [6.45, 7) is 7.59. The number of unbranched alkanes of at least 4 members (excludes halogenated alkanes) is 30. The lowest BCUT2D eigenvalue weighted by molar-refractivity contribution is -0.143. The van der Waals surface area contributed by atoms with Crippen molar-refractivity contribution in [2.45, 2.75) is 245 Å². The van der Waals surface area contributed by atoms with E-state index >= 15 is 0 Å². The zero-order chi connectivity index (χ0) is 32.7. The lowest BCUT2D eigenvalue weighted by Crippen LogP contribution is -2.05. The first kappa shape index (κ1) is 44.2. The van der Waals surface area contributed by atoms with Crippen LogP contribution in [0.4, 0.5) is 0 Å². The highest BCUT2D eigenvalue weighted by molar-refractivity contribution is 5.69. The highest BCUT2D eigenvalue weighted by atomic mass is 16.5. The molecule has 0 aromatic heterocycles. The van der Waals surface area contributed by atoms with E-state index in [1.807, 2.05) is 0 Å². The standard InChI is InChI=1S/C43H84O2/c1-4-5-6-7-8-9-10-11-12-13-14-15-16-17-18-22-25-28-31-34-37-40-43(44)45-41-38-35-32-29-26-23-20-19-21-24-27-30-33-36-39-42(2)3/h11-12,42H,4-10,13-41H2,1-3H3. The number of rotatable bonds is 38. The highest BCUT2D eigenvalue weighted by Gasteiger charge is 2.03. The maximum Gasteiger partial charge on any atom is 0.305 e. The van der Waals surface area contributed by atoms with Gasteiger partial charge >= 0.3 is 5.97 Å². The first-order chi connectivity index (χ1) is 22.2. The molecular formula is C43H84O2. The van der Waals surface area contributed by atoms with Crippen LogP contribution in [0, 0.1) is 5.92 Å². The van der Waals surface area contributed by atoms with Gasteiger partial charge in [0, 0.05) is 6.42 Å². The van der Waals surface area contributed by atoms with Gasteiger partial charge in [0.15, 0.2) is 0 Å². The van der Waals surface area contributed by atoms with Crippen LogP contribution in [0.15, 0.2) is 12.2 Å². The Labute approximate surface area is 285 Å². The van der Waals surface area contributed by atoms with Crippen LogP contribution in [-0.4, -0.2) is 12.6 Å². The molecule has 45 heavy (non-hydrogen) atoms. The van der Waals surface area contributed by atoms with Crippen molar-refractivity contribution >= 4 is 5.97 Å². The molecule has 0 amide bonds. The highest BCUT2D eigenvalue weighted by Crippen LogP contribution is 2.16. The second-order valence-corrected chi connectivity index (χ2v) is 14.8. The Morgan fingerprint density at radius 3 is 1.18 bits per heavy atom. The van der Waals surface area contributed by atoms with Crippen molar-refractivity contribution in [1.82, 2.24) is 0 Å². The lowest BCUT2D eigenvalue weighted by Gasteiger charge is -2.06. The van der Waals surface area contributed by atoms with E-state index in [0.717, 1.165) is 18.8 Å². The van der Waals surface area contributed by atoms with Crippen LogP contribution in [0.2, 0.25) is 0 Å². The molecule has 0 radical (unpaired) electrons. The Hall–Kier alpha value is -0.790. The van der Waals surface area contributed by atoms with E-state index in [-0.39, 0.29) is 5.97 Å². The summed E-state index contributed by atoms with van der Waals surface area (Å²) in [4.78, 5) is 12.0. The zero-order valence-corrected chi connectivity index (χ0v) is 31.5. The Morgan fingerprint density at radius 1 is 0.444 bits per heavy atom. The molecule has 0 fully saturated rings. The average Bonchev–Trinajstić information content (AvgIpc) is 3.03. The molecule has 0 atom stereocenters. The van der Waals surface area contributed by atoms with Crippen molar-refractivity contribution in [2.24, 2.45) is 5.92 Å². The number of esters is 1. The fourth-order valence-electron chi connectivity index (χ4n) is 6.43. The second-order valence-electron chi connectivity index (χ2n) is 14.8. The molecule has 0 unspecified atom stereocenters. The molecule has 0 N–H and O–H groups in total. The van der Waals surface area contributed by atoms with Gasteiger partial charge in [-0.2, -0.15) is 0 Å². The lowest BCUT2D eigenvalue weighted by atomic mass is 10.0. The Morgan fingerprint density at radius 2 is 0.778 bits per heavy atom. The third-order valence-electron chi connectivity index (χ3n) is 9.58. The van der Waals surface area contributed by atoms with Gasteiger partial charge in [-0.25, -0.2) is 0 Å². The molecule has 0 aromatic rings. The maximum atomic E-state index is 12.0. The third kappa shape index (κ3) is 41.2. The summed E-state index contributed by atoms with van der Waals surface area (Å²) in [7, 11) is 0. The molecule has 0 spiro atoms. The van der Waals surface area contributed by atoms with E-state index in [4.69, 9.17) is 4.74 Å². The van der Waals surface area contributed by atoms with Crippen LogP contribution in [0.3, 0.4) is 0 Å². The van der Waals surface area contributed by atoms with E-state index < -0.39 is 0 Å². The number of allylic oxidation sites excluding steroid dienone is 2. The van der Waals surface area contributed by atoms with Crippen LogP contribution in [0.1, 0.15) is 245 Å². The van der Waals surface area contributed by atoms with E-state index in [2.05, 4.69) is 32.9 Å². The molecule has 0 aromatic carbocycles. The number of ether oxygens (including phenoxy) is 1. The third-order valence-corrected chi connectivity index (χ3v) is 9.58. The van der Waals surface area contributed by atoms with Gasteiger partial charge in [-0.15, -0.1) is 0 Å². The molecule has 0 rings (SSSR count). The van der Waals surface area contributed by atoms with Crippen LogP contribution in [0.25, 0.3) is 0 Å². The van der Waals surface area contributed by atoms with Crippen LogP contribution in [0.5, 0.6) is 0 Å². The molecular weight excluding hydrogens is 548 g/mol. The Kier molecular flexibility index (Phi) is 38.7. The quantitative estimate of drug-likeness (QED) is 0.0384. The molecule has 0 aliphatic carbocycles. The number of hydrogen-bond donors (Lipinski definition) is 0. The summed E-state index contributed by atoms with van der Waals surface area (Å²) in [5, 5.41) is 0. The van der Waals surface area contributed by atoms with Crippen molar-refractivity contribution in [3.8, 4) is 0 Å². The maximum absolute atomic E-state index is 12.0. The largest absolute Gasteiger partial charge is 0.466 e. The molecule has 0 heterocycles. The van der Waals surface area contributed by atoms with Crippen LogP contribution < -0.4 is 0 Å². The first-order valence-corrected chi connectivity index (χ1v) is 21.0. The van der Waals surface area contributed by atoms with Crippen molar-refractivity contribution < 1.29 is 9.53 Å². The topological polar surface area (TPSA) is 26.3 Å². The Balaban J connectivity index is 3.18. The minimum absolute atomic E-state index is 0.0267. The minimum Gasteiger partial charge on any atom is -0.466 e. The molecule has 2 heteroatoms. The zero-order valence-electron chi connectivity index (χ0n) is 31.5.